The molecule has 0 saturated heterocycles. The number of halogens is 1. The highest BCUT2D eigenvalue weighted by molar-refractivity contribution is 9.10. The van der Waals surface area contributed by atoms with Crippen LogP contribution in [0.2, 0.25) is 0 Å². The van der Waals surface area contributed by atoms with Crippen LogP contribution in [0.4, 0.5) is 5.69 Å². The largest absolute Gasteiger partial charge is 0.372 e. The molecule has 1 atom stereocenters. The molecule has 0 radical (unpaired) electrons. The summed E-state index contributed by atoms with van der Waals surface area (Å²) in [6, 6.07) is 1.42. The number of aromatic nitrogens is 1. The topological polar surface area (TPSA) is 68.0 Å². The summed E-state index contributed by atoms with van der Waals surface area (Å²) in [6.45, 7) is 3.88. The molecule has 1 rings (SSSR count). The van der Waals surface area contributed by atoms with Crippen molar-refractivity contribution >= 4 is 27.5 Å². The lowest BCUT2D eigenvalue weighted by atomic mass is 10.0. The van der Waals surface area contributed by atoms with Gasteiger partial charge < -0.3 is 11.1 Å². The Bertz CT molecular complexity index is 354. The Morgan fingerprint density at radius 3 is 2.73 bits per heavy atom. The van der Waals surface area contributed by atoms with Crippen LogP contribution in [-0.4, -0.2) is 16.9 Å². The van der Waals surface area contributed by atoms with Gasteiger partial charge in [0.2, 0.25) is 5.91 Å². The third kappa shape index (κ3) is 3.20. The van der Waals surface area contributed by atoms with Gasteiger partial charge in [0, 0.05) is 12.4 Å². The molecule has 0 bridgehead atoms. The highest BCUT2D eigenvalue weighted by atomic mass is 79.9. The Kier molecular flexibility index (Phi) is 4.08. The Balaban J connectivity index is 2.84. The number of hydrogen-bond donors (Lipinski definition) is 2. The number of primary amides is 1. The van der Waals surface area contributed by atoms with E-state index in [1.807, 2.05) is 13.8 Å². The van der Waals surface area contributed by atoms with Gasteiger partial charge in [0.1, 0.15) is 6.04 Å². The molecule has 0 saturated carbocycles. The van der Waals surface area contributed by atoms with E-state index in [2.05, 4.69) is 26.2 Å². The van der Waals surface area contributed by atoms with Crippen molar-refractivity contribution in [2.45, 2.75) is 19.9 Å². The Morgan fingerprint density at radius 1 is 1.60 bits per heavy atom. The van der Waals surface area contributed by atoms with Crippen LogP contribution in [-0.2, 0) is 4.79 Å². The lowest BCUT2D eigenvalue weighted by Crippen LogP contribution is -2.39. The van der Waals surface area contributed by atoms with Crippen LogP contribution in [0.25, 0.3) is 0 Å². The van der Waals surface area contributed by atoms with Crippen LogP contribution in [0.3, 0.4) is 0 Å². The maximum absolute atomic E-state index is 11.2. The third-order valence-corrected chi connectivity index (χ3v) is 2.69. The van der Waals surface area contributed by atoms with E-state index in [9.17, 15) is 4.79 Å². The van der Waals surface area contributed by atoms with Crippen molar-refractivity contribution < 1.29 is 4.79 Å². The van der Waals surface area contributed by atoms with Gasteiger partial charge in [-0.05, 0) is 27.9 Å². The lowest BCUT2D eigenvalue weighted by Gasteiger charge is -2.20. The van der Waals surface area contributed by atoms with Crippen molar-refractivity contribution in [3.63, 3.8) is 0 Å². The minimum atomic E-state index is -0.372. The van der Waals surface area contributed by atoms with Gasteiger partial charge in [-0.1, -0.05) is 13.8 Å². The van der Waals surface area contributed by atoms with Crippen molar-refractivity contribution in [3.05, 3.63) is 22.9 Å². The molecule has 1 unspecified atom stereocenters. The van der Waals surface area contributed by atoms with E-state index in [0.717, 1.165) is 10.2 Å². The van der Waals surface area contributed by atoms with Crippen LogP contribution >= 0.6 is 15.9 Å². The lowest BCUT2D eigenvalue weighted by molar-refractivity contribution is -0.119. The zero-order valence-corrected chi connectivity index (χ0v) is 10.3. The van der Waals surface area contributed by atoms with E-state index < -0.39 is 0 Å². The molecule has 3 N–H and O–H groups in total. The Morgan fingerprint density at radius 2 is 2.27 bits per heavy atom. The van der Waals surface area contributed by atoms with Gasteiger partial charge in [0.15, 0.2) is 0 Å². The van der Waals surface area contributed by atoms with Crippen molar-refractivity contribution in [1.82, 2.24) is 4.98 Å². The second-order valence-corrected chi connectivity index (χ2v) is 4.48. The summed E-state index contributed by atoms with van der Waals surface area (Å²) in [4.78, 5) is 15.1. The predicted octanol–water partition coefficient (Wildman–Crippen LogP) is 1.77. The zero-order valence-electron chi connectivity index (χ0n) is 8.70. The smallest absolute Gasteiger partial charge is 0.240 e. The van der Waals surface area contributed by atoms with Gasteiger partial charge in [0.05, 0.1) is 10.2 Å². The van der Waals surface area contributed by atoms with Gasteiger partial charge >= 0.3 is 0 Å². The molecule has 0 spiro atoms. The van der Waals surface area contributed by atoms with Gasteiger partial charge in [0.25, 0.3) is 0 Å². The molecule has 0 aliphatic rings. The summed E-state index contributed by atoms with van der Waals surface area (Å²) in [5.74, 6) is -0.212. The summed E-state index contributed by atoms with van der Waals surface area (Å²) in [5, 5.41) is 3.08. The van der Waals surface area contributed by atoms with Crippen LogP contribution in [0, 0.1) is 5.92 Å². The molecule has 1 aromatic rings. The molecule has 1 heterocycles. The molecule has 0 aromatic carbocycles. The highest BCUT2D eigenvalue weighted by Gasteiger charge is 2.19. The number of carbonyl (C=O) groups is 1. The molecule has 0 aliphatic carbocycles. The number of amides is 1. The zero-order chi connectivity index (χ0) is 11.4. The SMILES string of the molecule is CC(C)C(Nc1ccncc1Br)C(N)=O. The molecule has 82 valence electrons. The van der Waals surface area contributed by atoms with Gasteiger partial charge in [-0.25, -0.2) is 0 Å². The van der Waals surface area contributed by atoms with Crippen LogP contribution in [0.5, 0.6) is 0 Å². The van der Waals surface area contributed by atoms with Gasteiger partial charge in [-0.3, -0.25) is 9.78 Å². The van der Waals surface area contributed by atoms with E-state index in [1.54, 1.807) is 18.5 Å². The second-order valence-electron chi connectivity index (χ2n) is 3.62. The van der Waals surface area contributed by atoms with Crippen LogP contribution in [0.15, 0.2) is 22.9 Å². The summed E-state index contributed by atoms with van der Waals surface area (Å²) in [7, 11) is 0. The van der Waals surface area contributed by atoms with E-state index >= 15 is 0 Å². The highest BCUT2D eigenvalue weighted by Crippen LogP contribution is 2.22. The number of nitrogens with one attached hydrogen (secondary N) is 1. The number of pyridine rings is 1. The standard InChI is InChI=1S/C10H14BrN3O/c1-6(2)9(10(12)15)14-8-3-4-13-5-7(8)11/h3-6,9H,1-2H3,(H2,12,15)(H,13,14). The van der Waals surface area contributed by atoms with E-state index in [0.29, 0.717) is 0 Å². The summed E-state index contributed by atoms with van der Waals surface area (Å²) >= 11 is 3.35. The maximum Gasteiger partial charge on any atom is 0.240 e. The third-order valence-electron chi connectivity index (χ3n) is 2.06. The Labute approximate surface area is 97.4 Å². The monoisotopic (exact) mass is 271 g/mol. The number of anilines is 1. The van der Waals surface area contributed by atoms with Crippen LogP contribution < -0.4 is 11.1 Å². The fourth-order valence-electron chi connectivity index (χ4n) is 1.23. The average Bonchev–Trinajstić information content (AvgIpc) is 2.15. The summed E-state index contributed by atoms with van der Waals surface area (Å²) in [6.07, 6.45) is 3.33. The van der Waals surface area contributed by atoms with Crippen molar-refractivity contribution in [3.8, 4) is 0 Å². The van der Waals surface area contributed by atoms with Gasteiger partial charge in [-0.15, -0.1) is 0 Å². The molecule has 1 amide bonds. The molecular weight excluding hydrogens is 258 g/mol. The predicted molar refractivity (Wildman–Crippen MR) is 63.4 cm³/mol. The normalized spacial score (nSPS) is 12.5. The second kappa shape index (κ2) is 5.11. The van der Waals surface area contributed by atoms with E-state index in [4.69, 9.17) is 5.73 Å². The Hall–Kier alpha value is -1.10. The fraction of sp³-hybridized carbons (Fsp3) is 0.400. The number of rotatable bonds is 4. The van der Waals surface area contributed by atoms with E-state index in [1.165, 1.54) is 0 Å². The summed E-state index contributed by atoms with van der Waals surface area (Å²) < 4.78 is 0.817. The average molecular weight is 272 g/mol. The van der Waals surface area contributed by atoms with Crippen molar-refractivity contribution in [2.75, 3.05) is 5.32 Å². The molecular formula is C10H14BrN3O. The fourth-order valence-corrected chi connectivity index (χ4v) is 1.59. The van der Waals surface area contributed by atoms with Crippen molar-refractivity contribution in [2.24, 2.45) is 11.7 Å². The molecule has 0 fully saturated rings. The molecule has 4 nitrogen and oxygen atoms in total. The quantitative estimate of drug-likeness (QED) is 0.877. The first-order chi connectivity index (χ1) is 7.02. The molecule has 0 aliphatic heterocycles. The number of hydrogen-bond acceptors (Lipinski definition) is 3. The molecule has 15 heavy (non-hydrogen) atoms. The summed E-state index contributed by atoms with van der Waals surface area (Å²) in [5.41, 5.74) is 6.12. The first-order valence-electron chi connectivity index (χ1n) is 4.67. The first-order valence-corrected chi connectivity index (χ1v) is 5.47. The molecule has 1 aromatic heterocycles. The number of nitrogens with two attached hydrogens (primary N) is 1. The van der Waals surface area contributed by atoms with Crippen LogP contribution in [0.1, 0.15) is 13.8 Å². The van der Waals surface area contributed by atoms with Gasteiger partial charge in [-0.2, -0.15) is 0 Å². The molecule has 5 heteroatoms. The van der Waals surface area contributed by atoms with E-state index in [-0.39, 0.29) is 17.9 Å². The minimum absolute atomic E-state index is 0.141. The minimum Gasteiger partial charge on any atom is -0.372 e. The van der Waals surface area contributed by atoms with Crippen molar-refractivity contribution in [1.29, 1.82) is 0 Å². The first kappa shape index (κ1) is 12.0. The number of nitrogens with zero attached hydrogens (tertiary/aromatic N) is 1. The maximum atomic E-state index is 11.2. The number of carbonyl (C=O) groups excluding carboxylic acids is 1.